The fourth-order valence-electron chi connectivity index (χ4n) is 4.27. The first kappa shape index (κ1) is 25.9. The number of hydrogen-bond donors (Lipinski definition) is 1. The number of hydrogen-bond acceptors (Lipinski definition) is 7. The van der Waals surface area contributed by atoms with E-state index in [4.69, 9.17) is 10.5 Å². The van der Waals surface area contributed by atoms with Crippen molar-refractivity contribution < 1.29 is 22.7 Å². The topological polar surface area (TPSA) is 71.7 Å². The summed E-state index contributed by atoms with van der Waals surface area (Å²) in [7, 11) is 1.62. The molecule has 6 nitrogen and oxygen atoms in total. The van der Waals surface area contributed by atoms with E-state index in [-0.39, 0.29) is 12.3 Å². The van der Waals surface area contributed by atoms with E-state index in [0.29, 0.717) is 41.0 Å². The summed E-state index contributed by atoms with van der Waals surface area (Å²) >= 11 is 3.07. The van der Waals surface area contributed by atoms with Crippen molar-refractivity contribution >= 4 is 43.8 Å². The van der Waals surface area contributed by atoms with Crippen molar-refractivity contribution in [2.75, 3.05) is 38.3 Å². The second-order valence-corrected chi connectivity index (χ2v) is 11.0. The van der Waals surface area contributed by atoms with Crippen molar-refractivity contribution in [3.05, 3.63) is 34.2 Å². The molecule has 1 aliphatic rings. The Balaban J connectivity index is 1.83. The molecular formula is C24H29F3N4O2S2. The predicted molar refractivity (Wildman–Crippen MR) is 135 cm³/mol. The third-order valence-corrected chi connectivity index (χ3v) is 8.54. The molecule has 4 rings (SSSR count). The van der Waals surface area contributed by atoms with Crippen LogP contribution in [-0.4, -0.2) is 55.2 Å². The molecule has 0 saturated carbocycles. The monoisotopic (exact) mass is 526 g/mol. The summed E-state index contributed by atoms with van der Waals surface area (Å²) in [5, 5.41) is 1.67. The van der Waals surface area contributed by atoms with E-state index in [2.05, 4.69) is 28.6 Å². The number of anilines is 1. The number of amides is 1. The van der Waals surface area contributed by atoms with Gasteiger partial charge in [-0.15, -0.1) is 22.7 Å². The van der Waals surface area contributed by atoms with Crippen LogP contribution >= 0.6 is 22.7 Å². The number of nitrogens with two attached hydrogens (primary N) is 1. The number of methoxy groups -OCH3 is 1. The highest BCUT2D eigenvalue weighted by Crippen LogP contribution is 2.48. The maximum Gasteiger partial charge on any atom is 0.416 e. The van der Waals surface area contributed by atoms with Crippen molar-refractivity contribution in [3.63, 3.8) is 0 Å². The Bertz CT molecular complexity index is 1210. The zero-order chi connectivity index (χ0) is 25.3. The van der Waals surface area contributed by atoms with E-state index < -0.39 is 11.7 Å². The molecule has 2 N–H and O–H groups in total. The zero-order valence-corrected chi connectivity index (χ0v) is 21.6. The van der Waals surface area contributed by atoms with Gasteiger partial charge in [-0.05, 0) is 44.0 Å². The van der Waals surface area contributed by atoms with E-state index in [1.807, 2.05) is 0 Å². The number of thiazole rings is 1. The van der Waals surface area contributed by atoms with Gasteiger partial charge in [0.1, 0.15) is 10.0 Å². The Morgan fingerprint density at radius 1 is 1.29 bits per heavy atom. The Labute approximate surface area is 210 Å². The number of nitrogens with zero attached hydrogens (tertiary/aromatic N) is 3. The van der Waals surface area contributed by atoms with Gasteiger partial charge in [-0.1, -0.05) is 0 Å². The third kappa shape index (κ3) is 5.63. The normalized spacial score (nSPS) is 14.6. The number of benzene rings is 1. The van der Waals surface area contributed by atoms with Crippen molar-refractivity contribution in [1.82, 2.24) is 9.88 Å². The molecule has 0 spiro atoms. The van der Waals surface area contributed by atoms with Gasteiger partial charge in [0.25, 0.3) is 0 Å². The summed E-state index contributed by atoms with van der Waals surface area (Å²) in [5.74, 6) is -0.388. The third-order valence-electron chi connectivity index (χ3n) is 6.21. The van der Waals surface area contributed by atoms with Crippen molar-refractivity contribution in [1.29, 1.82) is 0 Å². The molecule has 1 aromatic carbocycles. The fraction of sp³-hybridized carbons (Fsp3) is 0.500. The van der Waals surface area contributed by atoms with Gasteiger partial charge < -0.3 is 15.4 Å². The first-order chi connectivity index (χ1) is 16.6. The second kappa shape index (κ2) is 10.4. The van der Waals surface area contributed by atoms with Crippen LogP contribution in [0.15, 0.2) is 18.2 Å². The maximum absolute atomic E-state index is 13.3. The van der Waals surface area contributed by atoms with Gasteiger partial charge in [0.2, 0.25) is 5.91 Å². The SMILES string of the molecule is COCCN(CCC(N)=O)c1sc2c(c1-c1nc3cc(C(F)(F)F)ccc3s1)CCN(C(C)C)C2. The molecule has 0 bridgehead atoms. The van der Waals surface area contributed by atoms with Gasteiger partial charge in [-0.25, -0.2) is 4.98 Å². The van der Waals surface area contributed by atoms with Gasteiger partial charge in [-0.3, -0.25) is 9.69 Å². The van der Waals surface area contributed by atoms with E-state index >= 15 is 0 Å². The lowest BCUT2D eigenvalue weighted by molar-refractivity contribution is -0.137. The molecule has 35 heavy (non-hydrogen) atoms. The number of carbonyl (C=O) groups excluding carboxylic acids is 1. The molecule has 190 valence electrons. The summed E-state index contributed by atoms with van der Waals surface area (Å²) in [5.41, 5.74) is 7.23. The van der Waals surface area contributed by atoms with Crippen LogP contribution in [0.4, 0.5) is 18.2 Å². The molecule has 0 radical (unpaired) electrons. The van der Waals surface area contributed by atoms with E-state index in [1.165, 1.54) is 27.8 Å². The summed E-state index contributed by atoms with van der Waals surface area (Å²) in [6.45, 7) is 7.51. The van der Waals surface area contributed by atoms with Crippen LogP contribution in [0.1, 0.15) is 36.3 Å². The van der Waals surface area contributed by atoms with Gasteiger partial charge in [0, 0.05) is 56.2 Å². The average molecular weight is 527 g/mol. The number of aromatic nitrogens is 1. The van der Waals surface area contributed by atoms with Gasteiger partial charge >= 0.3 is 6.18 Å². The van der Waals surface area contributed by atoms with Crippen LogP contribution in [0.2, 0.25) is 0 Å². The number of halogens is 3. The molecule has 3 aromatic rings. The highest BCUT2D eigenvalue weighted by atomic mass is 32.1. The van der Waals surface area contributed by atoms with Crippen LogP contribution < -0.4 is 10.6 Å². The number of rotatable bonds is 9. The molecule has 0 fully saturated rings. The Morgan fingerprint density at radius 3 is 2.71 bits per heavy atom. The molecule has 2 aromatic heterocycles. The smallest absolute Gasteiger partial charge is 0.383 e. The molecule has 11 heteroatoms. The van der Waals surface area contributed by atoms with Crippen molar-refractivity contribution in [3.8, 4) is 10.6 Å². The number of ether oxygens (including phenoxy) is 1. The Kier molecular flexibility index (Phi) is 7.70. The largest absolute Gasteiger partial charge is 0.416 e. The van der Waals surface area contributed by atoms with E-state index in [0.717, 1.165) is 42.2 Å². The van der Waals surface area contributed by atoms with Crippen molar-refractivity contribution in [2.24, 2.45) is 5.73 Å². The van der Waals surface area contributed by atoms with Gasteiger partial charge in [0.15, 0.2) is 0 Å². The molecule has 0 unspecified atom stereocenters. The molecule has 0 aliphatic carbocycles. The molecule has 1 aliphatic heterocycles. The minimum Gasteiger partial charge on any atom is -0.383 e. The molecule has 1 amide bonds. The highest BCUT2D eigenvalue weighted by Gasteiger charge is 2.32. The van der Waals surface area contributed by atoms with Gasteiger partial charge in [-0.2, -0.15) is 13.2 Å². The summed E-state index contributed by atoms with van der Waals surface area (Å²) in [6.07, 6.45) is -3.40. The number of carbonyl (C=O) groups is 1. The number of alkyl halides is 3. The van der Waals surface area contributed by atoms with Crippen molar-refractivity contribution in [2.45, 2.75) is 45.5 Å². The number of fused-ring (bicyclic) bond motifs is 2. The minimum absolute atomic E-state index is 0.193. The first-order valence-corrected chi connectivity index (χ1v) is 13.1. The molecular weight excluding hydrogens is 497 g/mol. The summed E-state index contributed by atoms with van der Waals surface area (Å²) in [6, 6.07) is 4.12. The first-order valence-electron chi connectivity index (χ1n) is 11.5. The second-order valence-electron chi connectivity index (χ2n) is 8.89. The zero-order valence-electron chi connectivity index (χ0n) is 19.9. The number of thiophene rings is 1. The Hall–Kier alpha value is -2.21. The highest BCUT2D eigenvalue weighted by molar-refractivity contribution is 7.22. The van der Waals surface area contributed by atoms with Crippen LogP contribution in [0.3, 0.4) is 0 Å². The van der Waals surface area contributed by atoms with Crippen LogP contribution in [0, 0.1) is 0 Å². The molecule has 0 atom stereocenters. The van der Waals surface area contributed by atoms with Crippen LogP contribution in [-0.2, 0) is 28.7 Å². The summed E-state index contributed by atoms with van der Waals surface area (Å²) < 4.78 is 45.8. The minimum atomic E-state index is -4.42. The average Bonchev–Trinajstić information content (AvgIpc) is 3.38. The van der Waals surface area contributed by atoms with E-state index in [9.17, 15) is 18.0 Å². The van der Waals surface area contributed by atoms with Crippen LogP contribution in [0.5, 0.6) is 0 Å². The molecule has 0 saturated heterocycles. The number of primary amides is 1. The van der Waals surface area contributed by atoms with Crippen LogP contribution in [0.25, 0.3) is 20.8 Å². The lowest BCUT2D eigenvalue weighted by atomic mass is 10.0. The molecule has 3 heterocycles. The lowest BCUT2D eigenvalue weighted by Gasteiger charge is -2.30. The van der Waals surface area contributed by atoms with Gasteiger partial charge in [0.05, 0.1) is 22.4 Å². The summed E-state index contributed by atoms with van der Waals surface area (Å²) in [4.78, 5) is 22.0. The quantitative estimate of drug-likeness (QED) is 0.418. The predicted octanol–water partition coefficient (Wildman–Crippen LogP) is 5.14. The Morgan fingerprint density at radius 2 is 2.06 bits per heavy atom. The lowest BCUT2D eigenvalue weighted by Crippen LogP contribution is -2.35. The fourth-order valence-corrected chi connectivity index (χ4v) is 6.77. The maximum atomic E-state index is 13.3. The standard InChI is InChI=1S/C24H29F3N4O2S2/c1-14(2)31-8-6-16-19(13-31)35-23(30(10-11-33-3)9-7-20(28)32)21(16)22-29-17-12-15(24(25,26)27)4-5-18(17)34-22/h4-5,12,14H,6-11,13H2,1-3H3,(H2,28,32). The van der Waals surface area contributed by atoms with E-state index in [1.54, 1.807) is 18.4 Å².